The lowest BCUT2D eigenvalue weighted by Gasteiger charge is -2.32. The monoisotopic (exact) mass is 375 g/mol. The summed E-state index contributed by atoms with van der Waals surface area (Å²) in [5, 5.41) is 3.61. The average Bonchev–Trinajstić information content (AvgIpc) is 2.23. The number of hydrogen-bond donors (Lipinski definition) is 1. The Hall–Kier alpha value is -0.0600. The summed E-state index contributed by atoms with van der Waals surface area (Å²) in [5.74, 6) is 1.72. The molecular formula is C14H19Br2NO. The van der Waals surface area contributed by atoms with E-state index in [-0.39, 0.29) is 0 Å². The molecule has 0 aliphatic heterocycles. The molecule has 2 nitrogen and oxygen atoms in total. The number of halogens is 2. The molecule has 100 valence electrons. The van der Waals surface area contributed by atoms with Crippen LogP contribution in [0.3, 0.4) is 0 Å². The molecule has 1 saturated carbocycles. The molecule has 0 spiro atoms. The first-order valence-corrected chi connectivity index (χ1v) is 7.95. The number of benzene rings is 1. The summed E-state index contributed by atoms with van der Waals surface area (Å²) in [5.41, 5.74) is 1.26. The van der Waals surface area contributed by atoms with E-state index in [0.29, 0.717) is 6.04 Å². The van der Waals surface area contributed by atoms with E-state index < -0.39 is 0 Å². The Bertz CT molecular complexity index is 395. The Morgan fingerprint density at radius 1 is 1.33 bits per heavy atom. The lowest BCUT2D eigenvalue weighted by Crippen LogP contribution is -2.36. The second-order valence-corrected chi connectivity index (χ2v) is 6.66. The summed E-state index contributed by atoms with van der Waals surface area (Å²) in [6, 6.07) is 4.84. The van der Waals surface area contributed by atoms with Crippen LogP contribution in [0, 0.1) is 5.92 Å². The molecule has 0 radical (unpaired) electrons. The van der Waals surface area contributed by atoms with Gasteiger partial charge in [-0.1, -0.05) is 6.42 Å². The molecule has 0 saturated heterocycles. The van der Waals surface area contributed by atoms with Gasteiger partial charge in [0.05, 0.1) is 16.1 Å². The first-order valence-electron chi connectivity index (χ1n) is 6.37. The fourth-order valence-electron chi connectivity index (χ4n) is 2.29. The number of hydrogen-bond acceptors (Lipinski definition) is 2. The zero-order valence-corrected chi connectivity index (χ0v) is 14.0. The molecule has 18 heavy (non-hydrogen) atoms. The van der Waals surface area contributed by atoms with E-state index in [9.17, 15) is 0 Å². The maximum absolute atomic E-state index is 5.31. The highest BCUT2D eigenvalue weighted by atomic mass is 79.9. The molecule has 2 rings (SSSR count). The van der Waals surface area contributed by atoms with Crippen molar-refractivity contribution in [2.24, 2.45) is 5.92 Å². The predicted molar refractivity (Wildman–Crippen MR) is 82.0 cm³/mol. The molecule has 1 aliphatic carbocycles. The summed E-state index contributed by atoms with van der Waals surface area (Å²) < 4.78 is 7.29. The van der Waals surface area contributed by atoms with Gasteiger partial charge in [0.15, 0.2) is 0 Å². The fourth-order valence-corrected chi connectivity index (χ4v) is 3.90. The van der Waals surface area contributed by atoms with Gasteiger partial charge in [-0.15, -0.1) is 0 Å². The fraction of sp³-hybridized carbons (Fsp3) is 0.571. The summed E-state index contributed by atoms with van der Waals surface area (Å²) in [4.78, 5) is 0. The van der Waals surface area contributed by atoms with Crippen LogP contribution in [0.4, 0.5) is 0 Å². The number of ether oxygens (including phenoxy) is 1. The lowest BCUT2D eigenvalue weighted by molar-refractivity contribution is 0.240. The molecule has 0 bridgehead atoms. The van der Waals surface area contributed by atoms with E-state index in [1.807, 2.05) is 0 Å². The first-order chi connectivity index (χ1) is 8.61. The van der Waals surface area contributed by atoms with Crippen LogP contribution in [0.1, 0.15) is 31.7 Å². The topological polar surface area (TPSA) is 21.3 Å². The summed E-state index contributed by atoms with van der Waals surface area (Å²) in [7, 11) is 1.68. The Morgan fingerprint density at radius 2 is 1.94 bits per heavy atom. The second-order valence-electron chi connectivity index (χ2n) is 4.95. The van der Waals surface area contributed by atoms with Gasteiger partial charge >= 0.3 is 0 Å². The summed E-state index contributed by atoms with van der Waals surface area (Å²) >= 11 is 7.07. The smallest absolute Gasteiger partial charge is 0.147 e. The first kappa shape index (κ1) is 14.4. The quantitative estimate of drug-likeness (QED) is 0.816. The number of nitrogens with one attached hydrogen (secondary N) is 1. The van der Waals surface area contributed by atoms with Crippen molar-refractivity contribution in [2.45, 2.75) is 38.8 Å². The van der Waals surface area contributed by atoms with E-state index >= 15 is 0 Å². The van der Waals surface area contributed by atoms with Crippen LogP contribution in [0.5, 0.6) is 5.75 Å². The van der Waals surface area contributed by atoms with E-state index in [1.165, 1.54) is 24.8 Å². The minimum Gasteiger partial charge on any atom is -0.494 e. The van der Waals surface area contributed by atoms with Gasteiger partial charge in [0.2, 0.25) is 0 Å². The summed E-state index contributed by atoms with van der Waals surface area (Å²) in [6.45, 7) is 3.19. The molecule has 0 heterocycles. The van der Waals surface area contributed by atoms with Gasteiger partial charge in [-0.2, -0.15) is 0 Å². The van der Waals surface area contributed by atoms with Gasteiger partial charge in [0.1, 0.15) is 5.75 Å². The Kier molecular flexibility index (Phi) is 5.10. The molecule has 1 unspecified atom stereocenters. The van der Waals surface area contributed by atoms with Crippen LogP contribution in [0.15, 0.2) is 21.1 Å². The minimum atomic E-state index is 0.610. The molecule has 1 aromatic rings. The van der Waals surface area contributed by atoms with Crippen LogP contribution >= 0.6 is 31.9 Å². The van der Waals surface area contributed by atoms with Crippen LogP contribution in [-0.2, 0) is 6.54 Å². The van der Waals surface area contributed by atoms with Gasteiger partial charge in [-0.05, 0) is 75.2 Å². The number of methoxy groups -OCH3 is 1. The Balaban J connectivity index is 1.96. The van der Waals surface area contributed by atoms with Crippen molar-refractivity contribution >= 4 is 31.9 Å². The maximum atomic E-state index is 5.31. The molecule has 4 heteroatoms. The van der Waals surface area contributed by atoms with Gasteiger partial charge in [0, 0.05) is 12.6 Å². The minimum absolute atomic E-state index is 0.610. The molecule has 1 aliphatic rings. The highest BCUT2D eigenvalue weighted by Gasteiger charge is 2.23. The zero-order chi connectivity index (χ0) is 13.1. The van der Waals surface area contributed by atoms with Crippen molar-refractivity contribution in [3.63, 3.8) is 0 Å². The molecule has 1 atom stereocenters. The Morgan fingerprint density at radius 3 is 2.39 bits per heavy atom. The van der Waals surface area contributed by atoms with Crippen LogP contribution < -0.4 is 10.1 Å². The van der Waals surface area contributed by atoms with E-state index in [2.05, 4.69) is 56.2 Å². The van der Waals surface area contributed by atoms with E-state index in [1.54, 1.807) is 7.11 Å². The van der Waals surface area contributed by atoms with Gasteiger partial charge < -0.3 is 10.1 Å². The van der Waals surface area contributed by atoms with E-state index in [4.69, 9.17) is 4.74 Å². The third-order valence-corrected chi connectivity index (χ3v) is 4.93. The Labute approximate surface area is 126 Å². The standard InChI is InChI=1S/C14H19Br2NO/c1-9(11-4-3-5-11)17-8-10-6-12(15)14(18-2)13(16)7-10/h6-7,9,11,17H,3-5,8H2,1-2H3. The zero-order valence-electron chi connectivity index (χ0n) is 10.8. The SMILES string of the molecule is COc1c(Br)cc(CNC(C)C2CCC2)cc1Br. The van der Waals surface area contributed by atoms with Gasteiger partial charge in [-0.3, -0.25) is 0 Å². The van der Waals surface area contributed by atoms with Gasteiger partial charge in [0.25, 0.3) is 0 Å². The molecular weight excluding hydrogens is 358 g/mol. The summed E-state index contributed by atoms with van der Waals surface area (Å²) in [6.07, 6.45) is 4.16. The molecule has 1 N–H and O–H groups in total. The molecule has 0 amide bonds. The van der Waals surface area contributed by atoms with Crippen LogP contribution in [0.25, 0.3) is 0 Å². The van der Waals surface area contributed by atoms with Crippen molar-refractivity contribution < 1.29 is 4.74 Å². The van der Waals surface area contributed by atoms with Gasteiger partial charge in [-0.25, -0.2) is 0 Å². The number of rotatable bonds is 5. The largest absolute Gasteiger partial charge is 0.494 e. The van der Waals surface area contributed by atoms with Crippen molar-refractivity contribution in [3.8, 4) is 5.75 Å². The highest BCUT2D eigenvalue weighted by molar-refractivity contribution is 9.11. The lowest BCUT2D eigenvalue weighted by atomic mass is 9.80. The second kappa shape index (κ2) is 6.40. The van der Waals surface area contributed by atoms with Crippen LogP contribution in [-0.4, -0.2) is 13.2 Å². The van der Waals surface area contributed by atoms with Crippen molar-refractivity contribution in [2.75, 3.05) is 7.11 Å². The predicted octanol–water partition coefficient (Wildman–Crippen LogP) is 4.50. The maximum Gasteiger partial charge on any atom is 0.147 e. The molecule has 1 fully saturated rings. The third-order valence-electron chi connectivity index (χ3n) is 3.75. The van der Waals surface area contributed by atoms with Crippen molar-refractivity contribution in [1.82, 2.24) is 5.32 Å². The van der Waals surface area contributed by atoms with Crippen LogP contribution in [0.2, 0.25) is 0 Å². The van der Waals surface area contributed by atoms with Crippen molar-refractivity contribution in [3.05, 3.63) is 26.6 Å². The normalized spacial score (nSPS) is 17.3. The van der Waals surface area contributed by atoms with E-state index in [0.717, 1.165) is 27.2 Å². The molecule has 1 aromatic carbocycles. The third kappa shape index (κ3) is 3.28. The average molecular weight is 377 g/mol. The molecule has 0 aromatic heterocycles. The van der Waals surface area contributed by atoms with Crippen molar-refractivity contribution in [1.29, 1.82) is 0 Å². The highest BCUT2D eigenvalue weighted by Crippen LogP contribution is 2.34.